The Morgan fingerprint density at radius 2 is 1.53 bits per heavy atom. The Bertz CT molecular complexity index is 880. The summed E-state index contributed by atoms with van der Waals surface area (Å²) in [5.74, 6) is 1.76. The van der Waals surface area contributed by atoms with Crippen LogP contribution in [0, 0.1) is 6.92 Å². The van der Waals surface area contributed by atoms with Crippen molar-refractivity contribution in [2.24, 2.45) is 0 Å². The van der Waals surface area contributed by atoms with Gasteiger partial charge in [0.05, 0.1) is 13.2 Å². The maximum Gasteiger partial charge on any atom is 0.573 e. The summed E-state index contributed by atoms with van der Waals surface area (Å²) >= 11 is 11.2. The monoisotopic (exact) mass is 492 g/mol. The molecule has 0 aliphatic heterocycles. The normalized spacial score (nSPS) is 11.1. The molecule has 176 valence electrons. The second kappa shape index (κ2) is 12.7. The first-order valence-corrected chi connectivity index (χ1v) is 10.8. The molecule has 0 N–H and O–H groups in total. The fourth-order valence-electron chi connectivity index (χ4n) is 2.87. The number of rotatable bonds is 12. The lowest BCUT2D eigenvalue weighted by Gasteiger charge is -2.16. The molecule has 0 unspecified atom stereocenters. The van der Waals surface area contributed by atoms with Gasteiger partial charge >= 0.3 is 6.36 Å². The van der Waals surface area contributed by atoms with Crippen LogP contribution in [0.5, 0.6) is 23.0 Å². The van der Waals surface area contributed by atoms with E-state index in [0.29, 0.717) is 19.0 Å². The molecule has 0 aliphatic carbocycles. The van der Waals surface area contributed by atoms with Gasteiger partial charge in [0.2, 0.25) is 0 Å². The van der Waals surface area contributed by atoms with Gasteiger partial charge in [0, 0.05) is 0 Å². The molecule has 2 rings (SSSR count). The summed E-state index contributed by atoms with van der Waals surface area (Å²) in [6.07, 6.45) is -0.859. The van der Waals surface area contributed by atoms with E-state index in [1.807, 2.05) is 26.0 Å². The molecule has 0 fully saturated rings. The van der Waals surface area contributed by atoms with Crippen LogP contribution in [0.25, 0.3) is 0 Å². The van der Waals surface area contributed by atoms with Gasteiger partial charge < -0.3 is 18.9 Å². The molecule has 0 bridgehead atoms. The molecule has 2 aromatic rings. The Morgan fingerprint density at radius 1 is 0.906 bits per heavy atom. The predicted molar refractivity (Wildman–Crippen MR) is 119 cm³/mol. The van der Waals surface area contributed by atoms with Crippen LogP contribution in [-0.4, -0.2) is 26.2 Å². The molecule has 0 heterocycles. The zero-order valence-electron chi connectivity index (χ0n) is 17.8. The first-order chi connectivity index (χ1) is 15.2. The molecule has 0 saturated carbocycles. The summed E-state index contributed by atoms with van der Waals surface area (Å²) in [5, 5.41) is 0. The summed E-state index contributed by atoms with van der Waals surface area (Å²) in [5.41, 5.74) is 2.01. The van der Waals surface area contributed by atoms with E-state index in [1.165, 1.54) is 24.3 Å². The van der Waals surface area contributed by atoms with Crippen molar-refractivity contribution in [1.82, 2.24) is 0 Å². The van der Waals surface area contributed by atoms with E-state index in [9.17, 15) is 13.2 Å². The smallest absolute Gasteiger partial charge is 0.494 e. The van der Waals surface area contributed by atoms with Gasteiger partial charge in [0.15, 0.2) is 0 Å². The average molecular weight is 493 g/mol. The van der Waals surface area contributed by atoms with Crippen molar-refractivity contribution in [3.8, 4) is 23.0 Å². The molecule has 0 aromatic heterocycles. The van der Waals surface area contributed by atoms with Crippen molar-refractivity contribution in [3.63, 3.8) is 0 Å². The van der Waals surface area contributed by atoms with Gasteiger partial charge in [0.1, 0.15) is 34.1 Å². The molecule has 32 heavy (non-hydrogen) atoms. The summed E-state index contributed by atoms with van der Waals surface area (Å²) in [7, 11) is 0. The first-order valence-electron chi connectivity index (χ1n) is 10.1. The molecular formula is C23H25Cl2F3O4. The van der Waals surface area contributed by atoms with Gasteiger partial charge in [0.25, 0.3) is 0 Å². The highest BCUT2D eigenvalue weighted by Gasteiger charge is 2.30. The van der Waals surface area contributed by atoms with E-state index in [4.69, 9.17) is 37.4 Å². The summed E-state index contributed by atoms with van der Waals surface area (Å²) in [6, 6.07) is 9.15. The van der Waals surface area contributed by atoms with Crippen LogP contribution < -0.4 is 18.9 Å². The van der Waals surface area contributed by atoms with Crippen molar-refractivity contribution in [1.29, 1.82) is 0 Å². The van der Waals surface area contributed by atoms with Crippen LogP contribution in [-0.2, 0) is 6.42 Å². The van der Waals surface area contributed by atoms with Crippen molar-refractivity contribution in [2.45, 2.75) is 39.5 Å². The van der Waals surface area contributed by atoms with Gasteiger partial charge in [-0.2, -0.15) is 0 Å². The molecule has 0 aliphatic rings. The van der Waals surface area contributed by atoms with Gasteiger partial charge in [-0.25, -0.2) is 0 Å². The molecular weight excluding hydrogens is 468 g/mol. The van der Waals surface area contributed by atoms with Gasteiger partial charge in [-0.3, -0.25) is 0 Å². The molecule has 0 atom stereocenters. The highest BCUT2D eigenvalue weighted by molar-refractivity contribution is 6.55. The van der Waals surface area contributed by atoms with Crippen LogP contribution in [0.1, 0.15) is 30.9 Å². The minimum absolute atomic E-state index is 0.161. The molecule has 0 spiro atoms. The molecule has 0 amide bonds. The molecule has 9 heteroatoms. The van der Waals surface area contributed by atoms with Crippen LogP contribution in [0.3, 0.4) is 0 Å². The lowest BCUT2D eigenvalue weighted by molar-refractivity contribution is -0.274. The number of hydrogen-bond acceptors (Lipinski definition) is 4. The SMILES string of the molecule is CCc1cc(OCC=C(Cl)Cl)cc(C)c1OCCCCOc1ccc(OC(F)(F)F)cc1. The van der Waals surface area contributed by atoms with E-state index in [-0.39, 0.29) is 16.8 Å². The zero-order chi connectivity index (χ0) is 23.6. The topological polar surface area (TPSA) is 36.9 Å². The number of aryl methyl sites for hydroxylation is 2. The fourth-order valence-corrected chi connectivity index (χ4v) is 3.00. The van der Waals surface area contributed by atoms with E-state index >= 15 is 0 Å². The minimum atomic E-state index is -4.71. The highest BCUT2D eigenvalue weighted by atomic mass is 35.5. The maximum absolute atomic E-state index is 12.2. The van der Waals surface area contributed by atoms with Crippen molar-refractivity contribution < 1.29 is 32.1 Å². The van der Waals surface area contributed by atoms with Gasteiger partial charge in [-0.15, -0.1) is 13.2 Å². The van der Waals surface area contributed by atoms with E-state index in [0.717, 1.165) is 41.9 Å². The van der Waals surface area contributed by atoms with E-state index in [2.05, 4.69) is 4.74 Å². The molecule has 0 saturated heterocycles. The third kappa shape index (κ3) is 9.49. The van der Waals surface area contributed by atoms with Gasteiger partial charge in [-0.05, 0) is 79.8 Å². The second-order valence-corrected chi connectivity index (χ2v) is 7.82. The molecule has 2 aromatic carbocycles. The zero-order valence-corrected chi connectivity index (χ0v) is 19.3. The third-order valence-electron chi connectivity index (χ3n) is 4.30. The summed E-state index contributed by atoms with van der Waals surface area (Å²) in [4.78, 5) is 0. The average Bonchev–Trinajstić information content (AvgIpc) is 2.71. The highest BCUT2D eigenvalue weighted by Crippen LogP contribution is 2.30. The first kappa shape index (κ1) is 26.0. The largest absolute Gasteiger partial charge is 0.573 e. The lowest BCUT2D eigenvalue weighted by Crippen LogP contribution is -2.16. The minimum Gasteiger partial charge on any atom is -0.494 e. The fraction of sp³-hybridized carbons (Fsp3) is 0.391. The van der Waals surface area contributed by atoms with Gasteiger partial charge in [-0.1, -0.05) is 30.1 Å². The van der Waals surface area contributed by atoms with Crippen molar-refractivity contribution in [2.75, 3.05) is 19.8 Å². The van der Waals surface area contributed by atoms with Crippen LogP contribution in [0.4, 0.5) is 13.2 Å². The molecule has 4 nitrogen and oxygen atoms in total. The number of unbranched alkanes of at least 4 members (excludes halogenated alkanes) is 1. The summed E-state index contributed by atoms with van der Waals surface area (Å²) < 4.78 is 57.7. The predicted octanol–water partition coefficient (Wildman–Crippen LogP) is 7.39. The number of alkyl halides is 3. The Balaban J connectivity index is 1.76. The Kier molecular flexibility index (Phi) is 10.3. The maximum atomic E-state index is 12.2. The van der Waals surface area contributed by atoms with Crippen LogP contribution in [0.15, 0.2) is 47.0 Å². The number of halogens is 5. The number of hydrogen-bond donors (Lipinski definition) is 0. The van der Waals surface area contributed by atoms with E-state index in [1.54, 1.807) is 6.08 Å². The number of ether oxygens (including phenoxy) is 4. The van der Waals surface area contributed by atoms with Crippen LogP contribution in [0.2, 0.25) is 0 Å². The Morgan fingerprint density at radius 3 is 2.12 bits per heavy atom. The van der Waals surface area contributed by atoms with E-state index < -0.39 is 6.36 Å². The number of benzene rings is 2. The second-order valence-electron chi connectivity index (χ2n) is 6.81. The Hall–Kier alpha value is -2.25. The van der Waals surface area contributed by atoms with Crippen molar-refractivity contribution in [3.05, 3.63) is 58.1 Å². The van der Waals surface area contributed by atoms with Crippen molar-refractivity contribution >= 4 is 23.2 Å². The third-order valence-corrected chi connectivity index (χ3v) is 4.61. The quantitative estimate of drug-likeness (QED) is 0.289. The molecule has 0 radical (unpaired) electrons. The van der Waals surface area contributed by atoms with Crippen LogP contribution >= 0.6 is 23.2 Å². The summed E-state index contributed by atoms with van der Waals surface area (Å²) in [6.45, 7) is 5.22. The lowest BCUT2D eigenvalue weighted by atomic mass is 10.1. The standard InChI is InChI=1S/C23H25Cl2F3O4/c1-3-17-15-20(30-13-10-21(24)25)14-16(2)22(17)31-12-5-4-11-29-18-6-8-19(9-7-18)32-23(26,27)28/h6-10,14-15H,3-5,11-13H2,1-2H3. The Labute approximate surface area is 195 Å².